The van der Waals surface area contributed by atoms with Crippen molar-refractivity contribution in [2.24, 2.45) is 5.92 Å². The Bertz CT molecular complexity index is 1160. The monoisotopic (exact) mass is 528 g/mol. The smallest absolute Gasteiger partial charge is 0.343 e. The van der Waals surface area contributed by atoms with E-state index in [2.05, 4.69) is 38.1 Å². The highest BCUT2D eigenvalue weighted by Crippen LogP contribution is 2.39. The number of aryl methyl sites for hydroxylation is 1. The fourth-order valence-electron chi connectivity index (χ4n) is 5.93. The first-order valence-electron chi connectivity index (χ1n) is 15.3. The van der Waals surface area contributed by atoms with Crippen LogP contribution < -0.4 is 4.74 Å². The molecule has 0 spiro atoms. The van der Waals surface area contributed by atoms with Crippen molar-refractivity contribution < 1.29 is 13.9 Å². The molecule has 0 atom stereocenters. The van der Waals surface area contributed by atoms with Crippen LogP contribution in [0, 0.1) is 11.7 Å². The van der Waals surface area contributed by atoms with Gasteiger partial charge in [-0.25, -0.2) is 9.18 Å². The highest BCUT2D eigenvalue weighted by Gasteiger charge is 2.25. The first-order chi connectivity index (χ1) is 19.1. The van der Waals surface area contributed by atoms with E-state index in [0.717, 1.165) is 41.9 Å². The van der Waals surface area contributed by atoms with Crippen LogP contribution in [0.2, 0.25) is 0 Å². The van der Waals surface area contributed by atoms with E-state index in [9.17, 15) is 4.79 Å². The van der Waals surface area contributed by atoms with Crippen LogP contribution in [0.15, 0.2) is 66.7 Å². The number of halogens is 1. The lowest BCUT2D eigenvalue weighted by molar-refractivity contribution is 0.0734. The fraction of sp³-hybridized carbons (Fsp3) is 0.472. The molecule has 3 aromatic carbocycles. The molecule has 0 N–H and O–H groups in total. The molecule has 39 heavy (non-hydrogen) atoms. The maximum absolute atomic E-state index is 15.1. The van der Waals surface area contributed by atoms with Gasteiger partial charge in [-0.3, -0.25) is 0 Å². The summed E-state index contributed by atoms with van der Waals surface area (Å²) in [6.45, 7) is 4.47. The molecule has 0 radical (unpaired) electrons. The second-order valence-corrected chi connectivity index (χ2v) is 11.4. The summed E-state index contributed by atoms with van der Waals surface area (Å²) in [7, 11) is 0. The van der Waals surface area contributed by atoms with Gasteiger partial charge in [-0.1, -0.05) is 101 Å². The third-order valence-electron chi connectivity index (χ3n) is 8.41. The molecule has 0 amide bonds. The molecule has 208 valence electrons. The van der Waals surface area contributed by atoms with Crippen LogP contribution in [0.4, 0.5) is 4.39 Å². The summed E-state index contributed by atoms with van der Waals surface area (Å²) in [5.74, 6) is 0.683. The van der Waals surface area contributed by atoms with Crippen molar-refractivity contribution in [3.8, 4) is 16.9 Å². The summed E-state index contributed by atoms with van der Waals surface area (Å²) in [6.07, 6.45) is 15.8. The van der Waals surface area contributed by atoms with Crippen molar-refractivity contribution in [3.63, 3.8) is 0 Å². The van der Waals surface area contributed by atoms with Gasteiger partial charge in [0.05, 0.1) is 5.56 Å². The Labute approximate surface area is 235 Å². The van der Waals surface area contributed by atoms with Crippen molar-refractivity contribution in [2.75, 3.05) is 0 Å². The number of benzene rings is 3. The van der Waals surface area contributed by atoms with E-state index in [-0.39, 0.29) is 17.3 Å². The van der Waals surface area contributed by atoms with Crippen LogP contribution in [0.5, 0.6) is 5.75 Å². The van der Waals surface area contributed by atoms with Gasteiger partial charge in [-0.15, -0.1) is 0 Å². The summed E-state index contributed by atoms with van der Waals surface area (Å²) >= 11 is 0. The molecule has 0 unspecified atom stereocenters. The third-order valence-corrected chi connectivity index (χ3v) is 8.41. The average molecular weight is 529 g/mol. The number of hydrogen-bond acceptors (Lipinski definition) is 2. The zero-order valence-electron chi connectivity index (χ0n) is 23.9. The average Bonchev–Trinajstić information content (AvgIpc) is 2.97. The number of ether oxygens (including phenoxy) is 1. The highest BCUT2D eigenvalue weighted by molar-refractivity contribution is 5.91. The second-order valence-electron chi connectivity index (χ2n) is 11.4. The molecule has 3 aromatic rings. The number of hydrogen-bond donors (Lipinski definition) is 0. The van der Waals surface area contributed by atoms with Crippen LogP contribution in [0.25, 0.3) is 11.1 Å². The summed E-state index contributed by atoms with van der Waals surface area (Å²) in [5, 5.41) is 0. The predicted octanol–water partition coefficient (Wildman–Crippen LogP) is 10.7. The van der Waals surface area contributed by atoms with E-state index in [4.69, 9.17) is 4.74 Å². The minimum atomic E-state index is -0.527. The normalized spacial score (nSPS) is 17.2. The molecule has 4 rings (SSSR count). The molecule has 1 aliphatic rings. The summed E-state index contributed by atoms with van der Waals surface area (Å²) in [6, 6.07) is 21.1. The zero-order chi connectivity index (χ0) is 27.5. The predicted molar refractivity (Wildman–Crippen MR) is 160 cm³/mol. The van der Waals surface area contributed by atoms with Crippen LogP contribution in [-0.4, -0.2) is 5.97 Å². The van der Waals surface area contributed by atoms with Gasteiger partial charge in [0, 0.05) is 0 Å². The van der Waals surface area contributed by atoms with Crippen LogP contribution in [0.3, 0.4) is 0 Å². The molecular formula is C36H45FO2. The van der Waals surface area contributed by atoms with Crippen molar-refractivity contribution in [1.82, 2.24) is 0 Å². The van der Waals surface area contributed by atoms with E-state index in [1.54, 1.807) is 24.3 Å². The minimum absolute atomic E-state index is 0.250. The number of esters is 1. The molecule has 0 aromatic heterocycles. The maximum Gasteiger partial charge on any atom is 0.343 e. The van der Waals surface area contributed by atoms with Gasteiger partial charge in [0.25, 0.3) is 0 Å². The van der Waals surface area contributed by atoms with Crippen molar-refractivity contribution >= 4 is 5.97 Å². The second kappa shape index (κ2) is 15.0. The molecule has 1 aliphatic carbocycles. The number of carbonyl (C=O) groups is 1. The minimum Gasteiger partial charge on any atom is -0.423 e. The topological polar surface area (TPSA) is 26.3 Å². The standard InChI is InChI=1S/C36H45FO2/c1-3-5-7-9-11-28-14-18-31(19-15-28)34-25-22-32(26-35(34)37)36(38)39-33-23-20-30(21-24-33)29-16-12-27(13-17-29)10-8-6-4-2/h12-13,16-17,20-26,28,31H,3-11,14-15,18-19H2,1-2H3. The summed E-state index contributed by atoms with van der Waals surface area (Å²) in [4.78, 5) is 12.8. The Morgan fingerprint density at radius 3 is 2.05 bits per heavy atom. The van der Waals surface area contributed by atoms with E-state index in [0.29, 0.717) is 5.75 Å². The van der Waals surface area contributed by atoms with Gasteiger partial charge in [0.15, 0.2) is 0 Å². The Balaban J connectivity index is 1.29. The molecule has 0 heterocycles. The Hall–Kier alpha value is -2.94. The Morgan fingerprint density at radius 2 is 1.41 bits per heavy atom. The number of unbranched alkanes of at least 4 members (excludes halogenated alkanes) is 5. The third kappa shape index (κ3) is 8.52. The summed E-state index contributed by atoms with van der Waals surface area (Å²) in [5.41, 5.74) is 4.57. The van der Waals surface area contributed by atoms with Crippen LogP contribution in [-0.2, 0) is 6.42 Å². The molecule has 1 saturated carbocycles. The van der Waals surface area contributed by atoms with Crippen LogP contribution >= 0.6 is 0 Å². The molecule has 2 nitrogen and oxygen atoms in total. The largest absolute Gasteiger partial charge is 0.423 e. The molecule has 3 heteroatoms. The number of rotatable bonds is 13. The first kappa shape index (κ1) is 29.1. The van der Waals surface area contributed by atoms with Crippen molar-refractivity contribution in [1.29, 1.82) is 0 Å². The van der Waals surface area contributed by atoms with Gasteiger partial charge in [-0.2, -0.15) is 0 Å². The molecule has 0 aliphatic heterocycles. The van der Waals surface area contributed by atoms with Gasteiger partial charge in [0.1, 0.15) is 11.6 Å². The van der Waals surface area contributed by atoms with Gasteiger partial charge in [-0.05, 0) is 96.9 Å². The van der Waals surface area contributed by atoms with Crippen LogP contribution in [0.1, 0.15) is 118 Å². The van der Waals surface area contributed by atoms with E-state index in [1.807, 2.05) is 12.1 Å². The zero-order valence-corrected chi connectivity index (χ0v) is 23.9. The lowest BCUT2D eigenvalue weighted by Crippen LogP contribution is -2.15. The number of carbonyl (C=O) groups excluding carboxylic acids is 1. The quantitative estimate of drug-likeness (QED) is 0.125. The Morgan fingerprint density at radius 1 is 0.769 bits per heavy atom. The van der Waals surface area contributed by atoms with Gasteiger partial charge in [0.2, 0.25) is 0 Å². The van der Waals surface area contributed by atoms with E-state index < -0.39 is 5.97 Å². The SMILES string of the molecule is CCCCCCC1CCC(c2ccc(C(=O)Oc3ccc(-c4ccc(CCCCC)cc4)cc3)cc2F)CC1. The maximum atomic E-state index is 15.1. The lowest BCUT2D eigenvalue weighted by Gasteiger charge is -2.29. The molecular weight excluding hydrogens is 483 g/mol. The summed E-state index contributed by atoms with van der Waals surface area (Å²) < 4.78 is 20.6. The van der Waals surface area contributed by atoms with Crippen molar-refractivity contribution in [3.05, 3.63) is 89.2 Å². The van der Waals surface area contributed by atoms with E-state index >= 15 is 4.39 Å². The van der Waals surface area contributed by atoms with Crippen molar-refractivity contribution in [2.45, 2.75) is 103 Å². The molecule has 0 saturated heterocycles. The highest BCUT2D eigenvalue weighted by atomic mass is 19.1. The fourth-order valence-corrected chi connectivity index (χ4v) is 5.93. The Kier molecular flexibility index (Phi) is 11.2. The van der Waals surface area contributed by atoms with E-state index in [1.165, 1.54) is 75.8 Å². The molecule has 0 bridgehead atoms. The first-order valence-corrected chi connectivity index (χ1v) is 15.3. The van der Waals surface area contributed by atoms with Gasteiger partial charge < -0.3 is 4.74 Å². The molecule has 1 fully saturated rings. The lowest BCUT2D eigenvalue weighted by atomic mass is 9.77. The van der Waals surface area contributed by atoms with Gasteiger partial charge >= 0.3 is 5.97 Å².